The summed E-state index contributed by atoms with van der Waals surface area (Å²) in [7, 11) is 0. The minimum absolute atomic E-state index is 0.257. The van der Waals surface area contributed by atoms with Gasteiger partial charge in [0.1, 0.15) is 11.6 Å². The van der Waals surface area contributed by atoms with Gasteiger partial charge in [0.15, 0.2) is 0 Å². The maximum absolute atomic E-state index is 13.4. The van der Waals surface area contributed by atoms with Crippen LogP contribution in [-0.4, -0.2) is 24.6 Å². The van der Waals surface area contributed by atoms with E-state index in [1.54, 1.807) is 6.07 Å². The third-order valence-electron chi connectivity index (χ3n) is 3.67. The van der Waals surface area contributed by atoms with Crippen LogP contribution in [0.3, 0.4) is 0 Å². The van der Waals surface area contributed by atoms with Gasteiger partial charge in [0.2, 0.25) is 0 Å². The van der Waals surface area contributed by atoms with E-state index in [0.717, 1.165) is 31.0 Å². The SMILES string of the molecule is CCNCc1cc(F)cnc1N1CCCC(C)(C)C1. The van der Waals surface area contributed by atoms with Crippen molar-refractivity contribution in [1.82, 2.24) is 10.3 Å². The number of aromatic nitrogens is 1. The van der Waals surface area contributed by atoms with Crippen LogP contribution in [0.1, 0.15) is 39.2 Å². The Kier molecular flexibility index (Phi) is 4.40. The van der Waals surface area contributed by atoms with E-state index in [-0.39, 0.29) is 5.82 Å². The van der Waals surface area contributed by atoms with Gasteiger partial charge in [0.05, 0.1) is 6.20 Å². The van der Waals surface area contributed by atoms with Crippen molar-refractivity contribution in [3.8, 4) is 0 Å². The molecule has 0 unspecified atom stereocenters. The van der Waals surface area contributed by atoms with E-state index in [0.29, 0.717) is 12.0 Å². The Morgan fingerprint density at radius 3 is 2.95 bits per heavy atom. The van der Waals surface area contributed by atoms with Crippen molar-refractivity contribution in [1.29, 1.82) is 0 Å². The van der Waals surface area contributed by atoms with Crippen LogP contribution in [0.4, 0.5) is 10.2 Å². The molecule has 1 N–H and O–H groups in total. The Morgan fingerprint density at radius 1 is 1.47 bits per heavy atom. The zero-order chi connectivity index (χ0) is 13.9. The number of rotatable bonds is 4. The number of pyridine rings is 1. The molecule has 106 valence electrons. The summed E-state index contributed by atoms with van der Waals surface area (Å²) in [6, 6.07) is 1.60. The molecule has 2 rings (SSSR count). The van der Waals surface area contributed by atoms with Gasteiger partial charge in [0.25, 0.3) is 0 Å². The lowest BCUT2D eigenvalue weighted by atomic mass is 9.84. The second-order valence-corrected chi connectivity index (χ2v) is 6.11. The van der Waals surface area contributed by atoms with Gasteiger partial charge in [-0.25, -0.2) is 9.37 Å². The lowest BCUT2D eigenvalue weighted by Gasteiger charge is -2.39. The fourth-order valence-corrected chi connectivity index (χ4v) is 2.75. The summed E-state index contributed by atoms with van der Waals surface area (Å²) in [6.45, 7) is 10.2. The Balaban J connectivity index is 2.22. The molecule has 1 aliphatic rings. The zero-order valence-electron chi connectivity index (χ0n) is 12.2. The average Bonchev–Trinajstić information content (AvgIpc) is 2.35. The van der Waals surface area contributed by atoms with E-state index in [1.807, 2.05) is 0 Å². The summed E-state index contributed by atoms with van der Waals surface area (Å²) in [4.78, 5) is 6.63. The number of piperidine rings is 1. The van der Waals surface area contributed by atoms with Crippen molar-refractivity contribution in [2.24, 2.45) is 5.41 Å². The predicted octanol–water partition coefficient (Wildman–Crippen LogP) is 2.96. The van der Waals surface area contributed by atoms with Crippen LogP contribution in [0.25, 0.3) is 0 Å². The minimum atomic E-state index is -0.257. The van der Waals surface area contributed by atoms with Crippen LogP contribution < -0.4 is 10.2 Å². The highest BCUT2D eigenvalue weighted by atomic mass is 19.1. The highest BCUT2D eigenvalue weighted by Gasteiger charge is 2.28. The number of nitrogens with zero attached hydrogens (tertiary/aromatic N) is 2. The summed E-state index contributed by atoms with van der Waals surface area (Å²) >= 11 is 0. The van der Waals surface area contributed by atoms with Gasteiger partial charge in [0, 0.05) is 25.2 Å². The van der Waals surface area contributed by atoms with Crippen molar-refractivity contribution >= 4 is 5.82 Å². The molecule has 19 heavy (non-hydrogen) atoms. The Morgan fingerprint density at radius 2 is 2.26 bits per heavy atom. The molecule has 1 aromatic heterocycles. The summed E-state index contributed by atoms with van der Waals surface area (Å²) in [5.74, 6) is 0.683. The van der Waals surface area contributed by atoms with Gasteiger partial charge in [-0.2, -0.15) is 0 Å². The molecular formula is C15H24FN3. The largest absolute Gasteiger partial charge is 0.356 e. The standard InChI is InChI=1S/C15H24FN3/c1-4-17-9-12-8-13(16)10-18-14(12)19-7-5-6-15(2,3)11-19/h8,10,17H,4-7,9,11H2,1-3H3. The lowest BCUT2D eigenvalue weighted by Crippen LogP contribution is -2.41. The molecule has 1 aromatic rings. The number of nitrogens with one attached hydrogen (secondary N) is 1. The molecule has 1 aliphatic heterocycles. The second-order valence-electron chi connectivity index (χ2n) is 6.11. The summed E-state index contributed by atoms with van der Waals surface area (Å²) in [6.07, 6.45) is 3.74. The van der Waals surface area contributed by atoms with Gasteiger partial charge < -0.3 is 10.2 Å². The number of hydrogen-bond acceptors (Lipinski definition) is 3. The van der Waals surface area contributed by atoms with E-state index in [1.165, 1.54) is 19.0 Å². The first kappa shape index (κ1) is 14.3. The highest BCUT2D eigenvalue weighted by Crippen LogP contribution is 2.32. The van der Waals surface area contributed by atoms with Crippen molar-refractivity contribution in [2.75, 3.05) is 24.5 Å². The van der Waals surface area contributed by atoms with Crippen LogP contribution >= 0.6 is 0 Å². The van der Waals surface area contributed by atoms with E-state index < -0.39 is 0 Å². The first-order chi connectivity index (χ1) is 9.02. The quantitative estimate of drug-likeness (QED) is 0.907. The van der Waals surface area contributed by atoms with Gasteiger partial charge in [-0.05, 0) is 30.9 Å². The molecule has 0 spiro atoms. The predicted molar refractivity (Wildman–Crippen MR) is 76.8 cm³/mol. The van der Waals surface area contributed by atoms with Gasteiger partial charge in [-0.1, -0.05) is 20.8 Å². The fraction of sp³-hybridized carbons (Fsp3) is 0.667. The maximum atomic E-state index is 13.4. The van der Waals surface area contributed by atoms with Crippen molar-refractivity contribution in [3.63, 3.8) is 0 Å². The highest BCUT2D eigenvalue weighted by molar-refractivity contribution is 5.47. The van der Waals surface area contributed by atoms with E-state index in [2.05, 4.69) is 36.0 Å². The van der Waals surface area contributed by atoms with E-state index >= 15 is 0 Å². The van der Waals surface area contributed by atoms with Crippen LogP contribution in [-0.2, 0) is 6.54 Å². The monoisotopic (exact) mass is 265 g/mol. The number of halogens is 1. The Labute approximate surface area is 115 Å². The van der Waals surface area contributed by atoms with Gasteiger partial charge >= 0.3 is 0 Å². The molecule has 0 saturated carbocycles. The topological polar surface area (TPSA) is 28.2 Å². The second kappa shape index (κ2) is 5.87. The van der Waals surface area contributed by atoms with Crippen LogP contribution in [0.15, 0.2) is 12.3 Å². The van der Waals surface area contributed by atoms with Crippen LogP contribution in [0.5, 0.6) is 0 Å². The summed E-state index contributed by atoms with van der Waals surface area (Å²) in [5.41, 5.74) is 1.27. The smallest absolute Gasteiger partial charge is 0.141 e. The van der Waals surface area contributed by atoms with Crippen molar-refractivity contribution < 1.29 is 4.39 Å². The first-order valence-corrected chi connectivity index (χ1v) is 7.12. The van der Waals surface area contributed by atoms with E-state index in [9.17, 15) is 4.39 Å². The fourth-order valence-electron chi connectivity index (χ4n) is 2.75. The molecule has 1 saturated heterocycles. The molecule has 0 aliphatic carbocycles. The molecule has 1 fully saturated rings. The molecule has 3 nitrogen and oxygen atoms in total. The summed E-state index contributed by atoms with van der Waals surface area (Å²) < 4.78 is 13.4. The van der Waals surface area contributed by atoms with E-state index in [4.69, 9.17) is 0 Å². The Hall–Kier alpha value is -1.16. The maximum Gasteiger partial charge on any atom is 0.141 e. The third kappa shape index (κ3) is 3.66. The Bertz CT molecular complexity index is 431. The molecule has 4 heteroatoms. The van der Waals surface area contributed by atoms with Crippen molar-refractivity contribution in [2.45, 2.75) is 40.2 Å². The van der Waals surface area contributed by atoms with Crippen LogP contribution in [0, 0.1) is 11.2 Å². The molecule has 0 amide bonds. The molecule has 0 aromatic carbocycles. The number of hydrogen-bond donors (Lipinski definition) is 1. The normalized spacial score (nSPS) is 18.6. The molecule has 2 heterocycles. The van der Waals surface area contributed by atoms with Gasteiger partial charge in [-0.15, -0.1) is 0 Å². The van der Waals surface area contributed by atoms with Crippen molar-refractivity contribution in [3.05, 3.63) is 23.6 Å². The lowest BCUT2D eigenvalue weighted by molar-refractivity contribution is 0.291. The number of anilines is 1. The first-order valence-electron chi connectivity index (χ1n) is 7.12. The molecular weight excluding hydrogens is 241 g/mol. The minimum Gasteiger partial charge on any atom is -0.356 e. The molecule has 0 radical (unpaired) electrons. The molecule has 0 bridgehead atoms. The summed E-state index contributed by atoms with van der Waals surface area (Å²) in [5, 5.41) is 3.26. The molecule has 0 atom stereocenters. The van der Waals surface area contributed by atoms with Crippen LogP contribution in [0.2, 0.25) is 0 Å². The van der Waals surface area contributed by atoms with Gasteiger partial charge in [-0.3, -0.25) is 0 Å². The third-order valence-corrected chi connectivity index (χ3v) is 3.67. The zero-order valence-corrected chi connectivity index (χ0v) is 12.2. The average molecular weight is 265 g/mol.